The van der Waals surface area contributed by atoms with Gasteiger partial charge in [0, 0.05) is 37.6 Å². The first-order valence-electron chi connectivity index (χ1n) is 11.2. The Labute approximate surface area is 217 Å². The van der Waals surface area contributed by atoms with E-state index in [9.17, 15) is 24.3 Å². The fraction of sp³-hybridized carbons (Fsp3) is 0.435. The van der Waals surface area contributed by atoms with Crippen LogP contribution < -0.4 is 10.5 Å². The molecule has 2 heterocycles. The SMILES string of the molecule is CCOC(=O)N1CCN(C(=O)C(CCC(=O)O)c2nc3cc(Cl)cc(Cl)c3c(OC)c2C(N)=O)CC1. The molecular weight excluding hydrogens is 515 g/mol. The molecule has 1 fully saturated rings. The lowest BCUT2D eigenvalue weighted by Crippen LogP contribution is -2.52. The van der Waals surface area contributed by atoms with Crippen LogP contribution in [0.4, 0.5) is 4.79 Å². The number of nitrogens with zero attached hydrogens (tertiary/aromatic N) is 3. The second kappa shape index (κ2) is 11.6. The molecule has 0 spiro atoms. The molecule has 0 aliphatic carbocycles. The third-order valence-electron chi connectivity index (χ3n) is 5.83. The summed E-state index contributed by atoms with van der Waals surface area (Å²) in [5.74, 6) is -3.61. The van der Waals surface area contributed by atoms with Crippen molar-refractivity contribution in [2.24, 2.45) is 5.73 Å². The molecule has 194 valence electrons. The van der Waals surface area contributed by atoms with Gasteiger partial charge in [0.1, 0.15) is 11.3 Å². The average Bonchev–Trinajstić information content (AvgIpc) is 2.82. The first kappa shape index (κ1) is 27.3. The van der Waals surface area contributed by atoms with Crippen LogP contribution in [0, 0.1) is 0 Å². The van der Waals surface area contributed by atoms with Crippen molar-refractivity contribution in [3.63, 3.8) is 0 Å². The topological polar surface area (TPSA) is 152 Å². The van der Waals surface area contributed by atoms with Crippen molar-refractivity contribution in [3.8, 4) is 5.75 Å². The van der Waals surface area contributed by atoms with Gasteiger partial charge in [-0.2, -0.15) is 0 Å². The van der Waals surface area contributed by atoms with Crippen molar-refractivity contribution in [1.82, 2.24) is 14.8 Å². The number of aromatic nitrogens is 1. The van der Waals surface area contributed by atoms with E-state index in [0.717, 1.165) is 0 Å². The van der Waals surface area contributed by atoms with E-state index < -0.39 is 29.8 Å². The number of rotatable bonds is 8. The Morgan fingerprint density at radius 3 is 2.33 bits per heavy atom. The molecule has 1 aromatic carbocycles. The lowest BCUT2D eigenvalue weighted by molar-refractivity contribution is -0.138. The lowest BCUT2D eigenvalue weighted by Gasteiger charge is -2.36. The van der Waals surface area contributed by atoms with Crippen LogP contribution in [0.2, 0.25) is 10.0 Å². The number of halogens is 2. The summed E-state index contributed by atoms with van der Waals surface area (Å²) in [5, 5.41) is 10.0. The van der Waals surface area contributed by atoms with Crippen LogP contribution in [-0.4, -0.2) is 83.7 Å². The quantitative estimate of drug-likeness (QED) is 0.518. The number of carbonyl (C=O) groups is 4. The van der Waals surface area contributed by atoms with E-state index in [0.29, 0.717) is 0 Å². The molecular formula is C23H26Cl2N4O7. The standard InChI is InChI=1S/C23H26Cl2N4O7/c1-3-36-23(34)29-8-6-28(7-9-29)22(33)13(4-5-16(30)31)19-18(21(26)32)20(35-2)17-14(25)10-12(24)11-15(17)27-19/h10-11,13H,3-9H2,1-2H3,(H2,26,32)(H,30,31). The van der Waals surface area contributed by atoms with Crippen LogP contribution in [0.1, 0.15) is 41.7 Å². The van der Waals surface area contributed by atoms with Crippen molar-refractivity contribution < 1.29 is 33.8 Å². The van der Waals surface area contributed by atoms with Crippen LogP contribution in [0.15, 0.2) is 12.1 Å². The molecule has 1 unspecified atom stereocenters. The maximum atomic E-state index is 13.7. The molecule has 1 saturated heterocycles. The van der Waals surface area contributed by atoms with Crippen molar-refractivity contribution in [3.05, 3.63) is 33.4 Å². The Morgan fingerprint density at radius 1 is 1.14 bits per heavy atom. The molecule has 0 bridgehead atoms. The third kappa shape index (κ3) is 5.73. The van der Waals surface area contributed by atoms with Gasteiger partial charge >= 0.3 is 12.1 Å². The van der Waals surface area contributed by atoms with Crippen molar-refractivity contribution in [2.75, 3.05) is 39.9 Å². The second-order valence-corrected chi connectivity index (χ2v) is 8.89. The van der Waals surface area contributed by atoms with Gasteiger partial charge in [0.25, 0.3) is 5.91 Å². The van der Waals surface area contributed by atoms with Gasteiger partial charge in [0.05, 0.1) is 41.3 Å². The number of hydrogen-bond donors (Lipinski definition) is 2. The molecule has 0 radical (unpaired) electrons. The predicted octanol–water partition coefficient (Wildman–Crippen LogP) is 2.90. The third-order valence-corrected chi connectivity index (χ3v) is 6.34. The molecule has 11 nitrogen and oxygen atoms in total. The summed E-state index contributed by atoms with van der Waals surface area (Å²) in [7, 11) is 1.32. The zero-order valence-electron chi connectivity index (χ0n) is 19.8. The maximum Gasteiger partial charge on any atom is 0.409 e. The number of amides is 3. The molecule has 3 amide bonds. The number of pyridine rings is 1. The fourth-order valence-electron chi connectivity index (χ4n) is 4.18. The van der Waals surface area contributed by atoms with Crippen molar-refractivity contribution in [2.45, 2.75) is 25.7 Å². The monoisotopic (exact) mass is 540 g/mol. The number of aliphatic carboxylic acids is 1. The number of carbonyl (C=O) groups excluding carboxylic acids is 3. The van der Waals surface area contributed by atoms with E-state index in [1.54, 1.807) is 6.92 Å². The number of benzene rings is 1. The minimum atomic E-state index is -1.13. The maximum absolute atomic E-state index is 13.7. The lowest BCUT2D eigenvalue weighted by atomic mass is 9.91. The highest BCUT2D eigenvalue weighted by atomic mass is 35.5. The Bertz CT molecular complexity index is 1200. The molecule has 13 heteroatoms. The minimum Gasteiger partial charge on any atom is -0.495 e. The number of methoxy groups -OCH3 is 1. The summed E-state index contributed by atoms with van der Waals surface area (Å²) < 4.78 is 10.5. The number of primary amides is 1. The van der Waals surface area contributed by atoms with Crippen LogP contribution in [0.3, 0.4) is 0 Å². The molecule has 3 rings (SSSR count). The van der Waals surface area contributed by atoms with E-state index in [2.05, 4.69) is 4.98 Å². The van der Waals surface area contributed by atoms with Crippen LogP contribution in [-0.2, 0) is 14.3 Å². The number of nitrogens with two attached hydrogens (primary N) is 1. The van der Waals surface area contributed by atoms with Crippen LogP contribution >= 0.6 is 23.2 Å². The summed E-state index contributed by atoms with van der Waals surface area (Å²) in [6.45, 7) is 2.78. The highest BCUT2D eigenvalue weighted by molar-refractivity contribution is 6.39. The number of hydrogen-bond acceptors (Lipinski definition) is 7. The molecule has 1 aliphatic heterocycles. The smallest absolute Gasteiger partial charge is 0.409 e. The van der Waals surface area contributed by atoms with E-state index in [1.807, 2.05) is 0 Å². The summed E-state index contributed by atoms with van der Waals surface area (Å²) in [5.41, 5.74) is 5.75. The van der Waals surface area contributed by atoms with E-state index >= 15 is 0 Å². The molecule has 0 saturated carbocycles. The first-order valence-corrected chi connectivity index (χ1v) is 11.9. The molecule has 1 aliphatic rings. The molecule has 36 heavy (non-hydrogen) atoms. The summed E-state index contributed by atoms with van der Waals surface area (Å²) in [4.78, 5) is 57.2. The number of ether oxygens (including phenoxy) is 2. The van der Waals surface area contributed by atoms with E-state index in [1.165, 1.54) is 29.0 Å². The Balaban J connectivity index is 2.08. The minimum absolute atomic E-state index is 0.0180. The second-order valence-electron chi connectivity index (χ2n) is 8.05. The number of carboxylic acids is 1. The number of carboxylic acid groups (broad SMARTS) is 1. The average molecular weight is 541 g/mol. The van der Waals surface area contributed by atoms with Gasteiger partial charge in [-0.1, -0.05) is 23.2 Å². The zero-order chi connectivity index (χ0) is 26.6. The number of fused-ring (bicyclic) bond motifs is 1. The molecule has 1 aromatic heterocycles. The van der Waals surface area contributed by atoms with Gasteiger partial charge in [-0.3, -0.25) is 19.4 Å². The normalized spacial score (nSPS) is 14.4. The summed E-state index contributed by atoms with van der Waals surface area (Å²) in [6, 6.07) is 2.95. The van der Waals surface area contributed by atoms with Gasteiger partial charge in [-0.05, 0) is 25.5 Å². The first-order chi connectivity index (χ1) is 17.1. The predicted molar refractivity (Wildman–Crippen MR) is 132 cm³/mol. The van der Waals surface area contributed by atoms with Gasteiger partial charge in [-0.15, -0.1) is 0 Å². The highest BCUT2D eigenvalue weighted by Crippen LogP contribution is 2.40. The van der Waals surface area contributed by atoms with Gasteiger partial charge < -0.3 is 30.1 Å². The fourth-order valence-corrected chi connectivity index (χ4v) is 4.75. The van der Waals surface area contributed by atoms with Gasteiger partial charge in [0.15, 0.2) is 0 Å². The van der Waals surface area contributed by atoms with E-state index in [4.69, 9.17) is 38.4 Å². The van der Waals surface area contributed by atoms with Crippen LogP contribution in [0.25, 0.3) is 10.9 Å². The van der Waals surface area contributed by atoms with Crippen LogP contribution in [0.5, 0.6) is 5.75 Å². The Hall–Kier alpha value is -3.31. The Kier molecular flexibility index (Phi) is 8.80. The van der Waals surface area contributed by atoms with Gasteiger partial charge in [0.2, 0.25) is 5.91 Å². The highest BCUT2D eigenvalue weighted by Gasteiger charge is 2.35. The largest absolute Gasteiger partial charge is 0.495 e. The summed E-state index contributed by atoms with van der Waals surface area (Å²) in [6.07, 6.45) is -0.990. The Morgan fingerprint density at radius 2 is 1.78 bits per heavy atom. The zero-order valence-corrected chi connectivity index (χ0v) is 21.3. The molecule has 3 N–H and O–H groups in total. The van der Waals surface area contributed by atoms with Crippen molar-refractivity contribution >= 4 is 58.0 Å². The van der Waals surface area contributed by atoms with E-state index in [-0.39, 0.29) is 83.6 Å². The number of piperazine rings is 1. The van der Waals surface area contributed by atoms with Crippen molar-refractivity contribution in [1.29, 1.82) is 0 Å². The molecule has 2 aromatic rings. The van der Waals surface area contributed by atoms with Gasteiger partial charge in [-0.25, -0.2) is 4.79 Å². The molecule has 1 atom stereocenters. The summed E-state index contributed by atoms with van der Waals surface area (Å²) >= 11 is 12.5.